The van der Waals surface area contributed by atoms with Crippen LogP contribution in [0.3, 0.4) is 0 Å². The molecule has 0 aliphatic heterocycles. The molecule has 2 N–H and O–H groups in total. The summed E-state index contributed by atoms with van der Waals surface area (Å²) in [7, 11) is 0. The zero-order valence-corrected chi connectivity index (χ0v) is 9.49. The second-order valence-corrected chi connectivity index (χ2v) is 3.29. The smallest absolute Gasteiger partial charge is 0.387 e. The van der Waals surface area contributed by atoms with Gasteiger partial charge in [-0.2, -0.15) is 8.78 Å². The molecule has 2 nitrogen and oxygen atoms in total. The Morgan fingerprint density at radius 1 is 1.40 bits per heavy atom. The molecular formula is C9H11Cl2F2NO. The third-order valence-corrected chi connectivity index (χ3v) is 1.91. The number of alkyl halides is 2. The van der Waals surface area contributed by atoms with Gasteiger partial charge in [0.25, 0.3) is 0 Å². The van der Waals surface area contributed by atoms with Crippen LogP contribution >= 0.6 is 24.0 Å². The Kier molecular flexibility index (Phi) is 5.87. The number of ether oxygens (including phenoxy) is 1. The van der Waals surface area contributed by atoms with Crippen molar-refractivity contribution in [2.45, 2.75) is 19.6 Å². The first-order valence-electron chi connectivity index (χ1n) is 4.00. The Morgan fingerprint density at radius 3 is 2.47 bits per heavy atom. The zero-order valence-electron chi connectivity index (χ0n) is 7.91. The molecule has 0 aliphatic carbocycles. The zero-order chi connectivity index (χ0) is 10.7. The number of benzene rings is 1. The molecule has 0 fully saturated rings. The molecule has 0 heterocycles. The van der Waals surface area contributed by atoms with Crippen LogP contribution < -0.4 is 10.5 Å². The summed E-state index contributed by atoms with van der Waals surface area (Å²) in [5.41, 5.74) is 6.05. The molecule has 0 spiro atoms. The first-order valence-corrected chi connectivity index (χ1v) is 4.38. The van der Waals surface area contributed by atoms with Gasteiger partial charge in [-0.3, -0.25) is 0 Å². The molecule has 1 rings (SSSR count). The molecule has 1 aromatic rings. The second-order valence-electron chi connectivity index (χ2n) is 2.85. The maximum Gasteiger partial charge on any atom is 0.387 e. The quantitative estimate of drug-likeness (QED) is 0.901. The van der Waals surface area contributed by atoms with Crippen LogP contribution in [0.1, 0.15) is 18.5 Å². The number of hydrogen-bond donors (Lipinski definition) is 1. The molecule has 1 aromatic carbocycles. The maximum atomic E-state index is 12.0. The highest BCUT2D eigenvalue weighted by Crippen LogP contribution is 2.28. The Morgan fingerprint density at radius 2 is 2.00 bits per heavy atom. The van der Waals surface area contributed by atoms with Gasteiger partial charge in [0.2, 0.25) is 0 Å². The molecule has 6 heteroatoms. The van der Waals surface area contributed by atoms with E-state index in [1.165, 1.54) is 18.2 Å². The maximum absolute atomic E-state index is 12.0. The minimum absolute atomic E-state index is 0. The molecule has 0 saturated carbocycles. The van der Waals surface area contributed by atoms with Crippen molar-refractivity contribution in [3.05, 3.63) is 28.8 Å². The van der Waals surface area contributed by atoms with Gasteiger partial charge in [0.05, 0.1) is 0 Å². The lowest BCUT2D eigenvalue weighted by atomic mass is 10.1. The van der Waals surface area contributed by atoms with Crippen molar-refractivity contribution >= 4 is 24.0 Å². The van der Waals surface area contributed by atoms with Gasteiger partial charge in [0, 0.05) is 16.6 Å². The van der Waals surface area contributed by atoms with Crippen molar-refractivity contribution < 1.29 is 13.5 Å². The molecule has 86 valence electrons. The van der Waals surface area contributed by atoms with Gasteiger partial charge >= 0.3 is 6.61 Å². The van der Waals surface area contributed by atoms with Gasteiger partial charge in [0.1, 0.15) is 5.75 Å². The fourth-order valence-electron chi connectivity index (χ4n) is 1.08. The van der Waals surface area contributed by atoms with Crippen molar-refractivity contribution in [2.24, 2.45) is 5.73 Å². The first-order chi connectivity index (χ1) is 6.50. The third kappa shape index (κ3) is 4.20. The highest BCUT2D eigenvalue weighted by Gasteiger charge is 2.12. The summed E-state index contributed by atoms with van der Waals surface area (Å²) in [4.78, 5) is 0. The van der Waals surface area contributed by atoms with Gasteiger partial charge in [-0.1, -0.05) is 11.6 Å². The standard InChI is InChI=1S/C9H10ClF2NO.ClH/c1-5(13)7-4-6(10)2-3-8(7)14-9(11)12;/h2-5,9H,13H2,1H3;1H/t5-;/m1./s1. The van der Waals surface area contributed by atoms with Crippen LogP contribution in [-0.4, -0.2) is 6.61 Å². The van der Waals surface area contributed by atoms with E-state index in [1.54, 1.807) is 6.92 Å². The number of nitrogens with two attached hydrogens (primary N) is 1. The molecule has 1 atom stereocenters. The normalized spacial score (nSPS) is 12.1. The van der Waals surface area contributed by atoms with E-state index < -0.39 is 12.7 Å². The van der Waals surface area contributed by atoms with E-state index in [4.69, 9.17) is 17.3 Å². The summed E-state index contributed by atoms with van der Waals surface area (Å²) in [6, 6.07) is 3.98. The average molecular weight is 258 g/mol. The number of halogens is 4. The molecule has 0 saturated heterocycles. The Labute approximate surface area is 97.8 Å². The van der Waals surface area contributed by atoms with Crippen LogP contribution in [0.5, 0.6) is 5.75 Å². The summed E-state index contributed by atoms with van der Waals surface area (Å²) in [5.74, 6) is 0.0689. The summed E-state index contributed by atoms with van der Waals surface area (Å²) in [6.45, 7) is -1.18. The molecule has 0 radical (unpaired) electrons. The first kappa shape index (κ1) is 14.4. The van der Waals surface area contributed by atoms with Crippen LogP contribution in [0.2, 0.25) is 5.02 Å². The lowest BCUT2D eigenvalue weighted by molar-refractivity contribution is -0.0505. The van der Waals surface area contributed by atoms with Crippen LogP contribution in [0.25, 0.3) is 0 Å². The topological polar surface area (TPSA) is 35.2 Å². The third-order valence-electron chi connectivity index (χ3n) is 1.68. The van der Waals surface area contributed by atoms with Crippen LogP contribution in [-0.2, 0) is 0 Å². The van der Waals surface area contributed by atoms with E-state index in [0.29, 0.717) is 10.6 Å². The van der Waals surface area contributed by atoms with Gasteiger partial charge in [0.15, 0.2) is 0 Å². The van der Waals surface area contributed by atoms with Crippen molar-refractivity contribution in [1.29, 1.82) is 0 Å². The van der Waals surface area contributed by atoms with Crippen LogP contribution in [0.15, 0.2) is 18.2 Å². The van der Waals surface area contributed by atoms with E-state index >= 15 is 0 Å². The fraction of sp³-hybridized carbons (Fsp3) is 0.333. The number of hydrogen-bond acceptors (Lipinski definition) is 2. The Bertz CT molecular complexity index is 321. The van der Waals surface area contributed by atoms with E-state index in [0.717, 1.165) is 0 Å². The molecule has 0 bridgehead atoms. The van der Waals surface area contributed by atoms with E-state index in [9.17, 15) is 8.78 Å². The van der Waals surface area contributed by atoms with Crippen molar-refractivity contribution in [1.82, 2.24) is 0 Å². The molecular weight excluding hydrogens is 247 g/mol. The minimum atomic E-state index is -2.85. The highest BCUT2D eigenvalue weighted by atomic mass is 35.5. The second kappa shape index (κ2) is 6.10. The number of rotatable bonds is 3. The largest absolute Gasteiger partial charge is 0.434 e. The van der Waals surface area contributed by atoms with Crippen LogP contribution in [0, 0.1) is 0 Å². The van der Waals surface area contributed by atoms with Gasteiger partial charge < -0.3 is 10.5 Å². The summed E-state index contributed by atoms with van der Waals surface area (Å²) in [5, 5.41) is 0.443. The Balaban J connectivity index is 0.00000196. The molecule has 15 heavy (non-hydrogen) atoms. The SMILES string of the molecule is C[C@@H](N)c1cc(Cl)ccc1OC(F)F.Cl. The average Bonchev–Trinajstić information content (AvgIpc) is 2.07. The monoisotopic (exact) mass is 257 g/mol. The van der Waals surface area contributed by atoms with Crippen molar-refractivity contribution in [3.8, 4) is 5.75 Å². The van der Waals surface area contributed by atoms with Crippen molar-refractivity contribution in [3.63, 3.8) is 0 Å². The van der Waals surface area contributed by atoms with Gasteiger partial charge in [-0.05, 0) is 25.1 Å². The fourth-order valence-corrected chi connectivity index (χ4v) is 1.26. The summed E-state index contributed by atoms with van der Waals surface area (Å²) >= 11 is 5.70. The van der Waals surface area contributed by atoms with E-state index in [2.05, 4.69) is 4.74 Å². The lowest BCUT2D eigenvalue weighted by Crippen LogP contribution is -2.10. The van der Waals surface area contributed by atoms with Gasteiger partial charge in [-0.25, -0.2) is 0 Å². The predicted molar refractivity (Wildman–Crippen MR) is 57.9 cm³/mol. The van der Waals surface area contributed by atoms with Crippen molar-refractivity contribution in [2.75, 3.05) is 0 Å². The molecule has 0 aliphatic rings. The predicted octanol–water partition coefficient (Wildman–Crippen LogP) is 3.38. The minimum Gasteiger partial charge on any atom is -0.434 e. The highest BCUT2D eigenvalue weighted by molar-refractivity contribution is 6.30. The van der Waals surface area contributed by atoms with E-state index in [1.807, 2.05) is 0 Å². The van der Waals surface area contributed by atoms with Crippen LogP contribution in [0.4, 0.5) is 8.78 Å². The van der Waals surface area contributed by atoms with Gasteiger partial charge in [-0.15, -0.1) is 12.4 Å². The molecule has 0 unspecified atom stereocenters. The lowest BCUT2D eigenvalue weighted by Gasteiger charge is -2.13. The summed E-state index contributed by atoms with van der Waals surface area (Å²) < 4.78 is 28.2. The molecule has 0 aromatic heterocycles. The Hall–Kier alpha value is -0.580. The molecule has 0 amide bonds. The summed E-state index contributed by atoms with van der Waals surface area (Å²) in [6.07, 6.45) is 0. The van der Waals surface area contributed by atoms with E-state index in [-0.39, 0.29) is 18.2 Å².